The molecule has 0 bridgehead atoms. The molecule has 0 unspecified atom stereocenters. The molecule has 0 heterocycles. The summed E-state index contributed by atoms with van der Waals surface area (Å²) in [5.41, 5.74) is 0. The predicted octanol–water partition coefficient (Wildman–Crippen LogP) is 0.338. The molecule has 5 heavy (non-hydrogen) atoms. The summed E-state index contributed by atoms with van der Waals surface area (Å²) < 4.78 is 4.66. The number of hydrogen-bond acceptors (Lipinski definition) is 1. The van der Waals surface area contributed by atoms with Gasteiger partial charge in [-0.2, -0.15) is 0 Å². The highest BCUT2D eigenvalue weighted by Crippen LogP contribution is 1.72. The van der Waals surface area contributed by atoms with Crippen molar-refractivity contribution in [2.45, 2.75) is 13.1 Å². The molecule has 0 aliphatic rings. The average Bonchev–Trinajstić information content (AvgIpc) is 1.38. The Kier molecular flexibility index (Phi) is 2.83. The Morgan fingerprint density at radius 2 is 1.80 bits per heavy atom. The largest absolute Gasteiger partial charge is 0.457 e. The zero-order valence-corrected chi connectivity index (χ0v) is 5.41. The van der Waals surface area contributed by atoms with Crippen LogP contribution in [0.25, 0.3) is 0 Å². The van der Waals surface area contributed by atoms with Crippen LogP contribution in [0.15, 0.2) is 0 Å². The molecule has 28 valence electrons. The maximum atomic E-state index is 4.66. The minimum atomic E-state index is -0.460. The molecule has 0 rings (SSSR count). The highest BCUT2D eigenvalue weighted by atomic mass is 28.3. The molecular weight excluding hydrogens is 96.2 g/mol. The van der Waals surface area contributed by atoms with Crippen molar-refractivity contribution in [2.24, 2.45) is 0 Å². The van der Waals surface area contributed by atoms with Crippen LogP contribution in [0.5, 0.6) is 0 Å². The van der Waals surface area contributed by atoms with Gasteiger partial charge in [0.15, 0.2) is 9.04 Å². The van der Waals surface area contributed by atoms with Gasteiger partial charge in [-0.3, -0.25) is 0 Å². The molecule has 0 aliphatic heterocycles. The summed E-state index contributed by atoms with van der Waals surface area (Å²) >= 11 is 0. The van der Waals surface area contributed by atoms with Gasteiger partial charge in [0, 0.05) is 0 Å². The molecule has 3 heteroatoms. The van der Waals surface area contributed by atoms with Crippen molar-refractivity contribution in [1.82, 2.24) is 0 Å². The van der Waals surface area contributed by atoms with Gasteiger partial charge < -0.3 is 4.12 Å². The van der Waals surface area contributed by atoms with Crippen LogP contribution in [0.1, 0.15) is 0 Å². The van der Waals surface area contributed by atoms with Crippen LogP contribution in [0.2, 0.25) is 13.1 Å². The van der Waals surface area contributed by atoms with Crippen LogP contribution in [0, 0.1) is 0 Å². The molecule has 0 amide bonds. The first-order chi connectivity index (χ1) is 2.27. The zero-order valence-electron chi connectivity index (χ0n) is 3.41. The van der Waals surface area contributed by atoms with Gasteiger partial charge in [-0.15, -0.1) is 0 Å². The molecular formula is C2H6OSi2. The Morgan fingerprint density at radius 1 is 1.60 bits per heavy atom. The molecule has 0 aliphatic carbocycles. The van der Waals surface area contributed by atoms with Gasteiger partial charge in [0.25, 0.3) is 0 Å². The van der Waals surface area contributed by atoms with Gasteiger partial charge in [0.05, 0.1) is 0 Å². The molecule has 0 aromatic carbocycles. The van der Waals surface area contributed by atoms with E-state index in [1.807, 2.05) is 0 Å². The standard InChI is InChI=1S/C2H6OSi2/c1-5(2)3-4/h1-2H3. The van der Waals surface area contributed by atoms with Gasteiger partial charge >= 0.3 is 0 Å². The fourth-order valence-electron chi connectivity index (χ4n) is 0. The molecule has 4 radical (unpaired) electrons. The van der Waals surface area contributed by atoms with Crippen LogP contribution in [0.4, 0.5) is 0 Å². The Bertz CT molecular complexity index is 21.6. The minimum Gasteiger partial charge on any atom is -0.457 e. The van der Waals surface area contributed by atoms with Crippen molar-refractivity contribution in [3.63, 3.8) is 0 Å². The Balaban J connectivity index is 2.54. The SMILES string of the molecule is C[Si](C)O[Si]. The molecule has 0 N–H and O–H groups in total. The van der Waals surface area contributed by atoms with Gasteiger partial charge in [-0.1, -0.05) is 0 Å². The topological polar surface area (TPSA) is 9.23 Å². The predicted molar refractivity (Wildman–Crippen MR) is 24.3 cm³/mol. The summed E-state index contributed by atoms with van der Waals surface area (Å²) in [6.07, 6.45) is 0. The normalized spacial score (nSPS) is 9.60. The lowest BCUT2D eigenvalue weighted by Gasteiger charge is -1.90. The quantitative estimate of drug-likeness (QED) is 0.434. The third kappa shape index (κ3) is 4.39. The summed E-state index contributed by atoms with van der Waals surface area (Å²) in [5, 5.41) is 0. The lowest BCUT2D eigenvalue weighted by atomic mass is 11.9. The van der Waals surface area contributed by atoms with Crippen LogP contribution in [-0.4, -0.2) is 19.5 Å². The maximum Gasteiger partial charge on any atom is 0.229 e. The smallest absolute Gasteiger partial charge is 0.229 e. The second-order valence-electron chi connectivity index (χ2n) is 1.01. The minimum absolute atomic E-state index is 0.460. The van der Waals surface area contributed by atoms with Gasteiger partial charge in [-0.25, -0.2) is 0 Å². The van der Waals surface area contributed by atoms with E-state index >= 15 is 0 Å². The summed E-state index contributed by atoms with van der Waals surface area (Å²) in [6, 6.07) is 0. The van der Waals surface area contributed by atoms with Gasteiger partial charge in [-0.05, 0) is 13.1 Å². The van der Waals surface area contributed by atoms with Crippen molar-refractivity contribution in [3.8, 4) is 0 Å². The second kappa shape index (κ2) is 2.62. The van der Waals surface area contributed by atoms with Crippen molar-refractivity contribution in [3.05, 3.63) is 0 Å². The van der Waals surface area contributed by atoms with E-state index in [0.717, 1.165) is 0 Å². The Labute approximate surface area is 37.6 Å². The van der Waals surface area contributed by atoms with Crippen LogP contribution >= 0.6 is 0 Å². The number of rotatable bonds is 1. The van der Waals surface area contributed by atoms with E-state index in [1.54, 1.807) is 0 Å². The van der Waals surface area contributed by atoms with Crippen LogP contribution < -0.4 is 0 Å². The maximum absolute atomic E-state index is 4.66. The van der Waals surface area contributed by atoms with Crippen molar-refractivity contribution in [2.75, 3.05) is 0 Å². The fourth-order valence-corrected chi connectivity index (χ4v) is 0. The highest BCUT2D eigenvalue weighted by Gasteiger charge is 1.84. The van der Waals surface area contributed by atoms with Crippen LogP contribution in [-0.2, 0) is 4.12 Å². The Hall–Kier alpha value is 0.394. The zero-order chi connectivity index (χ0) is 4.28. The van der Waals surface area contributed by atoms with Gasteiger partial charge in [0.1, 0.15) is 0 Å². The fraction of sp³-hybridized carbons (Fsp3) is 1.00. The first-order valence-corrected chi connectivity index (χ1v) is 4.22. The van der Waals surface area contributed by atoms with E-state index in [2.05, 4.69) is 27.7 Å². The van der Waals surface area contributed by atoms with E-state index in [4.69, 9.17) is 0 Å². The summed E-state index contributed by atoms with van der Waals surface area (Å²) in [4.78, 5) is 0. The molecule has 0 saturated carbocycles. The van der Waals surface area contributed by atoms with E-state index in [-0.39, 0.29) is 0 Å². The molecule has 1 nitrogen and oxygen atoms in total. The lowest BCUT2D eigenvalue weighted by Crippen LogP contribution is -2.02. The summed E-state index contributed by atoms with van der Waals surface area (Å²) in [7, 11) is 2.44. The first-order valence-electron chi connectivity index (χ1n) is 1.41. The molecule has 0 atom stereocenters. The van der Waals surface area contributed by atoms with Crippen molar-refractivity contribution in [1.29, 1.82) is 0 Å². The molecule has 0 fully saturated rings. The molecule has 0 aromatic heterocycles. The summed E-state index contributed by atoms with van der Waals surface area (Å²) in [6.45, 7) is 4.11. The van der Waals surface area contributed by atoms with E-state index in [9.17, 15) is 0 Å². The van der Waals surface area contributed by atoms with Gasteiger partial charge in [0.2, 0.25) is 10.5 Å². The average molecular weight is 102 g/mol. The van der Waals surface area contributed by atoms with Crippen LogP contribution in [0.3, 0.4) is 0 Å². The highest BCUT2D eigenvalue weighted by molar-refractivity contribution is 6.52. The van der Waals surface area contributed by atoms with Crippen molar-refractivity contribution >= 4 is 19.5 Å². The van der Waals surface area contributed by atoms with E-state index < -0.39 is 9.04 Å². The van der Waals surface area contributed by atoms with Crippen molar-refractivity contribution < 1.29 is 4.12 Å². The number of hydrogen-bond donors (Lipinski definition) is 0. The Morgan fingerprint density at radius 3 is 1.80 bits per heavy atom. The molecule has 0 aromatic rings. The third-order valence-electron chi connectivity index (χ3n) is 0.204. The monoisotopic (exact) mass is 102 g/mol. The molecule has 0 saturated heterocycles. The first kappa shape index (κ1) is 5.39. The third-order valence-corrected chi connectivity index (χ3v) is 1.84. The second-order valence-corrected chi connectivity index (χ2v) is 3.64. The van der Waals surface area contributed by atoms with E-state index in [1.165, 1.54) is 0 Å². The molecule has 0 spiro atoms. The van der Waals surface area contributed by atoms with E-state index in [0.29, 0.717) is 0 Å². The summed E-state index contributed by atoms with van der Waals surface area (Å²) in [5.74, 6) is 0. The lowest BCUT2D eigenvalue weighted by molar-refractivity contribution is 0.647.